The zero-order valence-corrected chi connectivity index (χ0v) is 24.1. The molecule has 3 aromatic carbocycles. The third-order valence-electron chi connectivity index (χ3n) is 7.99. The minimum atomic E-state index is 0.972. The maximum Gasteiger partial charge on any atom is 0.0895 e. The second-order valence-corrected chi connectivity index (χ2v) is 11.7. The van der Waals surface area contributed by atoms with Crippen molar-refractivity contribution < 1.29 is 0 Å². The number of pyridine rings is 3. The quantitative estimate of drug-likeness (QED) is 0.216. The number of aryl methyl sites for hydroxylation is 2. The lowest BCUT2D eigenvalue weighted by molar-refractivity contribution is 1.24. The normalized spacial score (nSPS) is 12.0. The molecule has 0 spiro atoms. The molecule has 5 heterocycles. The number of para-hydroxylation sites is 2. The number of benzene rings is 3. The smallest absolute Gasteiger partial charge is 0.0895 e. The third kappa shape index (κ3) is 3.85. The Labute approximate surface area is 248 Å². The summed E-state index contributed by atoms with van der Waals surface area (Å²) < 4.78 is 1.20. The van der Waals surface area contributed by atoms with Crippen LogP contribution in [0.25, 0.3) is 54.3 Å². The third-order valence-corrected chi connectivity index (χ3v) is 9.17. The molecule has 0 unspecified atom stereocenters. The molecule has 7 aromatic rings. The van der Waals surface area contributed by atoms with Gasteiger partial charge >= 0.3 is 0 Å². The fourth-order valence-corrected chi connectivity index (χ4v) is 7.32. The monoisotopic (exact) mass is 558 g/mol. The predicted molar refractivity (Wildman–Crippen MR) is 175 cm³/mol. The number of hydrogen-bond donors (Lipinski definition) is 0. The van der Waals surface area contributed by atoms with E-state index in [2.05, 4.69) is 104 Å². The van der Waals surface area contributed by atoms with Gasteiger partial charge in [-0.15, -0.1) is 11.3 Å². The van der Waals surface area contributed by atoms with Crippen LogP contribution in [-0.4, -0.2) is 15.0 Å². The number of aromatic nitrogens is 3. The highest BCUT2D eigenvalue weighted by Gasteiger charge is 2.29. The Morgan fingerprint density at radius 2 is 1.14 bits per heavy atom. The first-order chi connectivity index (χ1) is 20.7. The second-order valence-electron chi connectivity index (χ2n) is 10.6. The van der Waals surface area contributed by atoms with Crippen molar-refractivity contribution in [2.75, 3.05) is 4.90 Å². The minimum absolute atomic E-state index is 0.972. The summed E-state index contributed by atoms with van der Waals surface area (Å²) in [7, 11) is 0. The van der Waals surface area contributed by atoms with Crippen LogP contribution in [-0.2, 0) is 0 Å². The predicted octanol–water partition coefficient (Wildman–Crippen LogP) is 10.2. The van der Waals surface area contributed by atoms with E-state index in [0.717, 1.165) is 56.2 Å². The lowest BCUT2D eigenvalue weighted by Crippen LogP contribution is -2.11. The summed E-state index contributed by atoms with van der Waals surface area (Å²) >= 11 is 1.81. The van der Waals surface area contributed by atoms with Gasteiger partial charge in [0.05, 0.1) is 33.0 Å². The maximum absolute atomic E-state index is 4.87. The molecule has 8 rings (SSSR count). The summed E-state index contributed by atoms with van der Waals surface area (Å²) in [6.07, 6.45) is 5.63. The van der Waals surface area contributed by atoms with Crippen LogP contribution in [0.15, 0.2) is 122 Å². The van der Waals surface area contributed by atoms with E-state index in [1.807, 2.05) is 48.1 Å². The van der Waals surface area contributed by atoms with E-state index < -0.39 is 0 Å². The number of thiophene rings is 1. The molecule has 0 atom stereocenters. The van der Waals surface area contributed by atoms with Gasteiger partial charge in [-0.05, 0) is 79.6 Å². The molecule has 0 fully saturated rings. The Balaban J connectivity index is 1.46. The Bertz CT molecular complexity index is 2080. The van der Waals surface area contributed by atoms with Gasteiger partial charge in [0.15, 0.2) is 0 Å². The van der Waals surface area contributed by atoms with Crippen molar-refractivity contribution in [2.24, 2.45) is 0 Å². The molecular weight excluding hydrogens is 533 g/mol. The lowest BCUT2D eigenvalue weighted by atomic mass is 9.98. The van der Waals surface area contributed by atoms with Crippen LogP contribution >= 0.6 is 11.3 Å². The Kier molecular flexibility index (Phi) is 5.72. The van der Waals surface area contributed by atoms with Crippen molar-refractivity contribution in [1.82, 2.24) is 15.0 Å². The molecule has 42 heavy (non-hydrogen) atoms. The van der Waals surface area contributed by atoms with E-state index in [9.17, 15) is 0 Å². The molecule has 1 aliphatic rings. The average molecular weight is 559 g/mol. The van der Waals surface area contributed by atoms with E-state index in [4.69, 9.17) is 15.0 Å². The minimum Gasteiger partial charge on any atom is -0.309 e. The summed E-state index contributed by atoms with van der Waals surface area (Å²) in [5.74, 6) is 0. The van der Waals surface area contributed by atoms with Crippen molar-refractivity contribution >= 4 is 38.6 Å². The van der Waals surface area contributed by atoms with Crippen LogP contribution < -0.4 is 4.90 Å². The lowest BCUT2D eigenvalue weighted by Gasteiger charge is -2.28. The van der Waals surface area contributed by atoms with E-state index in [1.165, 1.54) is 26.3 Å². The van der Waals surface area contributed by atoms with Crippen LogP contribution in [0, 0.1) is 13.8 Å². The van der Waals surface area contributed by atoms with E-state index >= 15 is 0 Å². The molecular formula is C37H26N4S. The van der Waals surface area contributed by atoms with Gasteiger partial charge in [-0.3, -0.25) is 15.0 Å². The Morgan fingerprint density at radius 1 is 0.571 bits per heavy atom. The molecule has 0 saturated carbocycles. The van der Waals surface area contributed by atoms with E-state index in [-0.39, 0.29) is 0 Å². The molecule has 0 radical (unpaired) electrons. The van der Waals surface area contributed by atoms with Gasteiger partial charge in [0, 0.05) is 57.0 Å². The van der Waals surface area contributed by atoms with Crippen LogP contribution in [0.2, 0.25) is 0 Å². The van der Waals surface area contributed by atoms with Crippen LogP contribution in [0.3, 0.4) is 0 Å². The van der Waals surface area contributed by atoms with Gasteiger partial charge < -0.3 is 4.90 Å². The van der Waals surface area contributed by atoms with Crippen molar-refractivity contribution in [3.8, 4) is 44.1 Å². The molecule has 0 bridgehead atoms. The summed E-state index contributed by atoms with van der Waals surface area (Å²) in [4.78, 5) is 18.1. The maximum atomic E-state index is 4.87. The molecule has 0 N–H and O–H groups in total. The van der Waals surface area contributed by atoms with Crippen LogP contribution in [0.1, 0.15) is 11.1 Å². The SMILES string of the molecule is Cc1cccnc1-c1cc(-c2ncccc2C)cc(N2c3ccccc3-c3sc4cccnc4c3-c3ccccc32)c1. The number of hydrogen-bond acceptors (Lipinski definition) is 5. The van der Waals surface area contributed by atoms with Crippen molar-refractivity contribution in [1.29, 1.82) is 0 Å². The zero-order valence-electron chi connectivity index (χ0n) is 23.2. The Hall–Kier alpha value is -5.13. The number of fused-ring (bicyclic) bond motifs is 7. The molecule has 4 aromatic heterocycles. The highest BCUT2D eigenvalue weighted by atomic mass is 32.1. The van der Waals surface area contributed by atoms with Crippen molar-refractivity contribution in [2.45, 2.75) is 13.8 Å². The summed E-state index contributed by atoms with van der Waals surface area (Å²) in [5.41, 5.74) is 14.3. The topological polar surface area (TPSA) is 41.9 Å². The molecule has 0 saturated heterocycles. The van der Waals surface area contributed by atoms with Gasteiger partial charge in [0.1, 0.15) is 0 Å². The molecule has 4 nitrogen and oxygen atoms in total. The zero-order chi connectivity index (χ0) is 28.2. The van der Waals surface area contributed by atoms with Crippen LogP contribution in [0.4, 0.5) is 17.1 Å². The molecule has 200 valence electrons. The van der Waals surface area contributed by atoms with Gasteiger partial charge in [-0.1, -0.05) is 48.5 Å². The van der Waals surface area contributed by atoms with Gasteiger partial charge in [-0.2, -0.15) is 0 Å². The van der Waals surface area contributed by atoms with Crippen molar-refractivity contribution in [3.05, 3.63) is 133 Å². The van der Waals surface area contributed by atoms with E-state index in [1.54, 1.807) is 0 Å². The number of anilines is 3. The number of rotatable bonds is 3. The fourth-order valence-electron chi connectivity index (χ4n) is 6.11. The highest BCUT2D eigenvalue weighted by Crippen LogP contribution is 2.55. The first-order valence-corrected chi connectivity index (χ1v) is 14.8. The second kappa shape index (κ2) is 9.75. The Morgan fingerprint density at radius 3 is 1.81 bits per heavy atom. The van der Waals surface area contributed by atoms with Gasteiger partial charge in [-0.25, -0.2) is 0 Å². The standard InChI is InChI=1S/C37H26N4S/c1-23-10-7-17-38-34(23)25-20-26(35-24(2)11-8-18-39-35)22-27(21-25)41-30-14-5-3-12-28(30)33-36-32(16-9-19-40-36)42-37(33)29-13-4-6-15-31(29)41/h3-22H,1-2H3. The molecule has 0 aliphatic carbocycles. The van der Waals surface area contributed by atoms with Gasteiger partial charge in [0.2, 0.25) is 0 Å². The summed E-state index contributed by atoms with van der Waals surface area (Å²) in [6.45, 7) is 4.24. The van der Waals surface area contributed by atoms with Gasteiger partial charge in [0.25, 0.3) is 0 Å². The summed E-state index contributed by atoms with van der Waals surface area (Å²) in [6, 6.07) is 36.6. The largest absolute Gasteiger partial charge is 0.309 e. The fraction of sp³-hybridized carbons (Fsp3) is 0.0541. The average Bonchev–Trinajstić information content (AvgIpc) is 3.36. The van der Waals surface area contributed by atoms with Crippen molar-refractivity contribution in [3.63, 3.8) is 0 Å². The number of nitrogens with zero attached hydrogens (tertiary/aromatic N) is 4. The molecule has 5 heteroatoms. The first-order valence-electron chi connectivity index (χ1n) is 14.0. The van der Waals surface area contributed by atoms with E-state index in [0.29, 0.717) is 0 Å². The first kappa shape index (κ1) is 24.6. The highest BCUT2D eigenvalue weighted by molar-refractivity contribution is 7.23. The van der Waals surface area contributed by atoms with Crippen LogP contribution in [0.5, 0.6) is 0 Å². The molecule has 0 amide bonds. The summed E-state index contributed by atoms with van der Waals surface area (Å²) in [5, 5.41) is 0. The molecule has 1 aliphatic heterocycles.